The van der Waals surface area contributed by atoms with Gasteiger partial charge in [-0.15, -0.1) is 0 Å². The van der Waals surface area contributed by atoms with Gasteiger partial charge in [0.25, 0.3) is 0 Å². The van der Waals surface area contributed by atoms with Crippen LogP contribution in [-0.2, 0) is 23.7 Å². The molecule has 0 unspecified atom stereocenters. The maximum absolute atomic E-state index is 11.9. The summed E-state index contributed by atoms with van der Waals surface area (Å²) in [6.07, 6.45) is 1.86. The van der Waals surface area contributed by atoms with E-state index in [0.717, 1.165) is 32.7 Å². The summed E-state index contributed by atoms with van der Waals surface area (Å²) in [4.78, 5) is 16.4. The standard InChI is InChI=1S/C23H44BN2O6/c1-21(2,3)31-20(27)19-26-12-10-25(11-13-26)14-16-30-18-17-29-15-8-9-24-32-23(6,7)22(4,5)28/h8-9,28H,10-19H2,1-7H3/b9-8+. The minimum atomic E-state index is -0.932. The third-order valence-electron chi connectivity index (χ3n) is 5.43. The van der Waals surface area contributed by atoms with Crippen LogP contribution in [0.1, 0.15) is 48.5 Å². The van der Waals surface area contributed by atoms with Crippen molar-refractivity contribution in [1.29, 1.82) is 0 Å². The van der Waals surface area contributed by atoms with Gasteiger partial charge in [0.2, 0.25) is 0 Å². The molecule has 185 valence electrons. The van der Waals surface area contributed by atoms with Gasteiger partial charge < -0.3 is 24.0 Å². The smallest absolute Gasteiger partial charge is 0.322 e. The predicted octanol–water partition coefficient (Wildman–Crippen LogP) is 1.68. The molecular weight excluding hydrogens is 411 g/mol. The minimum absolute atomic E-state index is 0.160. The van der Waals surface area contributed by atoms with Crippen LogP contribution in [0, 0.1) is 0 Å². The van der Waals surface area contributed by atoms with Gasteiger partial charge in [0.15, 0.2) is 0 Å². The molecule has 0 spiro atoms. The van der Waals surface area contributed by atoms with Crippen molar-refractivity contribution in [2.45, 2.75) is 65.3 Å². The van der Waals surface area contributed by atoms with Crippen LogP contribution in [-0.4, -0.2) is 111 Å². The van der Waals surface area contributed by atoms with Gasteiger partial charge in [0.05, 0.1) is 44.2 Å². The van der Waals surface area contributed by atoms with Crippen LogP contribution in [0.4, 0.5) is 0 Å². The Labute approximate surface area is 195 Å². The Morgan fingerprint density at radius 2 is 1.53 bits per heavy atom. The molecule has 1 N–H and O–H groups in total. The average Bonchev–Trinajstić information content (AvgIpc) is 2.65. The van der Waals surface area contributed by atoms with Gasteiger partial charge in [-0.3, -0.25) is 14.6 Å². The number of aliphatic hydroxyl groups is 1. The molecule has 0 saturated carbocycles. The van der Waals surface area contributed by atoms with Crippen molar-refractivity contribution in [1.82, 2.24) is 9.80 Å². The van der Waals surface area contributed by atoms with Crippen molar-refractivity contribution in [2.75, 3.05) is 65.7 Å². The second-order valence-corrected chi connectivity index (χ2v) is 10.1. The zero-order valence-electron chi connectivity index (χ0n) is 21.2. The van der Waals surface area contributed by atoms with Crippen molar-refractivity contribution >= 4 is 13.5 Å². The second kappa shape index (κ2) is 13.7. The summed E-state index contributed by atoms with van der Waals surface area (Å²) in [5.74, 6) is 1.61. The highest BCUT2D eigenvalue weighted by Crippen LogP contribution is 2.24. The zero-order chi connectivity index (χ0) is 24.3. The molecule has 0 bridgehead atoms. The molecule has 32 heavy (non-hydrogen) atoms. The first kappa shape index (κ1) is 29.1. The van der Waals surface area contributed by atoms with E-state index in [2.05, 4.69) is 9.80 Å². The molecule has 0 atom stereocenters. The van der Waals surface area contributed by atoms with Crippen molar-refractivity contribution in [2.24, 2.45) is 0 Å². The van der Waals surface area contributed by atoms with Gasteiger partial charge in [-0.1, -0.05) is 12.1 Å². The molecule has 1 saturated heterocycles. The number of nitrogens with zero attached hydrogens (tertiary/aromatic N) is 2. The summed E-state index contributed by atoms with van der Waals surface area (Å²) < 4.78 is 22.1. The molecule has 0 aliphatic carbocycles. The van der Waals surface area contributed by atoms with Crippen LogP contribution in [0.5, 0.6) is 0 Å². The van der Waals surface area contributed by atoms with E-state index in [1.54, 1.807) is 27.3 Å². The minimum Gasteiger partial charge on any atom is -0.459 e. The largest absolute Gasteiger partial charge is 0.459 e. The summed E-state index contributed by atoms with van der Waals surface area (Å²) >= 11 is 0. The van der Waals surface area contributed by atoms with Crippen LogP contribution >= 0.6 is 0 Å². The summed E-state index contributed by atoms with van der Waals surface area (Å²) in [5, 5.41) is 10.0. The van der Waals surface area contributed by atoms with Crippen LogP contribution in [0.3, 0.4) is 0 Å². The summed E-state index contributed by atoms with van der Waals surface area (Å²) in [5.41, 5.74) is -2.03. The SMILES string of the molecule is CC(C)(C)OC(=O)CN1CCN(CCOCCOC/C=C/[B]OC(C)(C)C(C)(C)O)CC1. The van der Waals surface area contributed by atoms with E-state index < -0.39 is 16.8 Å². The van der Waals surface area contributed by atoms with Gasteiger partial charge in [0, 0.05) is 32.7 Å². The number of carbonyl (C=O) groups excluding carboxylic acids is 1. The number of esters is 1. The lowest BCUT2D eigenvalue weighted by Gasteiger charge is -2.37. The predicted molar refractivity (Wildman–Crippen MR) is 127 cm³/mol. The second-order valence-electron chi connectivity index (χ2n) is 10.1. The lowest BCUT2D eigenvalue weighted by atomic mass is 9.86. The van der Waals surface area contributed by atoms with E-state index in [-0.39, 0.29) is 5.97 Å². The van der Waals surface area contributed by atoms with Crippen molar-refractivity contribution in [3.8, 4) is 0 Å². The number of carbonyl (C=O) groups is 1. The number of rotatable bonds is 14. The Balaban J connectivity index is 1.99. The molecule has 1 aliphatic rings. The molecule has 0 amide bonds. The normalized spacial score (nSPS) is 17.1. The maximum atomic E-state index is 11.9. The van der Waals surface area contributed by atoms with E-state index in [0.29, 0.717) is 33.0 Å². The number of ether oxygens (including phenoxy) is 3. The van der Waals surface area contributed by atoms with E-state index >= 15 is 0 Å². The van der Waals surface area contributed by atoms with Gasteiger partial charge in [-0.25, -0.2) is 0 Å². The molecule has 1 rings (SSSR count). The van der Waals surface area contributed by atoms with E-state index in [4.69, 9.17) is 18.9 Å². The third kappa shape index (κ3) is 12.9. The quantitative estimate of drug-likeness (QED) is 0.241. The first-order chi connectivity index (χ1) is 14.8. The van der Waals surface area contributed by atoms with Crippen LogP contribution in [0.15, 0.2) is 12.1 Å². The summed E-state index contributed by atoms with van der Waals surface area (Å²) in [6, 6.07) is 0. The topological polar surface area (TPSA) is 80.7 Å². The molecule has 1 radical (unpaired) electrons. The Morgan fingerprint density at radius 1 is 0.938 bits per heavy atom. The van der Waals surface area contributed by atoms with Gasteiger partial charge in [0.1, 0.15) is 5.60 Å². The fraction of sp³-hybridized carbons (Fsp3) is 0.870. The molecule has 1 heterocycles. The highest BCUT2D eigenvalue weighted by atomic mass is 16.6. The van der Waals surface area contributed by atoms with Crippen molar-refractivity contribution < 1.29 is 28.8 Å². The molecular formula is C23H44BN2O6. The van der Waals surface area contributed by atoms with Gasteiger partial charge in [-0.05, 0) is 48.5 Å². The fourth-order valence-corrected chi connectivity index (χ4v) is 2.76. The van der Waals surface area contributed by atoms with Crippen LogP contribution < -0.4 is 0 Å². The fourth-order valence-electron chi connectivity index (χ4n) is 2.76. The van der Waals surface area contributed by atoms with Gasteiger partial charge in [-0.2, -0.15) is 0 Å². The molecule has 0 aromatic heterocycles. The molecule has 8 nitrogen and oxygen atoms in total. The van der Waals surface area contributed by atoms with Crippen molar-refractivity contribution in [3.63, 3.8) is 0 Å². The first-order valence-corrected chi connectivity index (χ1v) is 11.5. The zero-order valence-corrected chi connectivity index (χ0v) is 21.2. The highest BCUT2D eigenvalue weighted by molar-refractivity contribution is 6.34. The van der Waals surface area contributed by atoms with Crippen LogP contribution in [0.2, 0.25) is 0 Å². The van der Waals surface area contributed by atoms with E-state index in [9.17, 15) is 9.90 Å². The molecule has 1 fully saturated rings. The molecule has 0 aromatic rings. The number of hydrogen-bond acceptors (Lipinski definition) is 8. The Hall–Kier alpha value is -0.965. The summed E-state index contributed by atoms with van der Waals surface area (Å²) in [6.45, 7) is 19.8. The number of hydrogen-bond donors (Lipinski definition) is 1. The Kier molecular flexibility index (Phi) is 12.4. The Bertz CT molecular complexity index is 564. The lowest BCUT2D eigenvalue weighted by molar-refractivity contribution is -0.156. The Morgan fingerprint density at radius 3 is 2.12 bits per heavy atom. The maximum Gasteiger partial charge on any atom is 0.322 e. The van der Waals surface area contributed by atoms with Gasteiger partial charge >= 0.3 is 13.5 Å². The van der Waals surface area contributed by atoms with E-state index in [1.165, 1.54) is 0 Å². The average molecular weight is 455 g/mol. The molecule has 1 aliphatic heterocycles. The monoisotopic (exact) mass is 455 g/mol. The molecule has 9 heteroatoms. The first-order valence-electron chi connectivity index (χ1n) is 11.5. The van der Waals surface area contributed by atoms with E-state index in [1.807, 2.05) is 40.7 Å². The lowest BCUT2D eigenvalue weighted by Crippen LogP contribution is -2.49. The highest BCUT2D eigenvalue weighted by Gasteiger charge is 2.35. The van der Waals surface area contributed by atoms with Crippen LogP contribution in [0.25, 0.3) is 0 Å². The third-order valence-corrected chi connectivity index (χ3v) is 5.43. The van der Waals surface area contributed by atoms with Crippen molar-refractivity contribution in [3.05, 3.63) is 12.1 Å². The summed E-state index contributed by atoms with van der Waals surface area (Å²) in [7, 11) is 1.57. The molecule has 0 aromatic carbocycles. The number of piperazine rings is 1.